The molecule has 3 aromatic rings. The van der Waals surface area contributed by atoms with Crippen LogP contribution in [0.15, 0.2) is 48.7 Å². The Bertz CT molecular complexity index is 894. The number of hydrogen-bond acceptors (Lipinski definition) is 2. The molecule has 2 N–H and O–H groups in total. The van der Waals surface area contributed by atoms with E-state index in [1.54, 1.807) is 6.92 Å². The molecule has 0 saturated heterocycles. The summed E-state index contributed by atoms with van der Waals surface area (Å²) in [6, 6.07) is 11.8. The van der Waals surface area contributed by atoms with Crippen LogP contribution in [0, 0.1) is 5.82 Å². The van der Waals surface area contributed by atoms with Crippen LogP contribution in [0.25, 0.3) is 10.9 Å². The molecule has 6 heteroatoms. The van der Waals surface area contributed by atoms with E-state index in [-0.39, 0.29) is 16.7 Å². The molecule has 0 aliphatic rings. The number of amides is 1. The quantitative estimate of drug-likeness (QED) is 0.695. The average Bonchev–Trinajstić information content (AvgIpc) is 3.00. The van der Waals surface area contributed by atoms with E-state index in [9.17, 15) is 9.18 Å². The molecule has 130 valence electrons. The summed E-state index contributed by atoms with van der Waals surface area (Å²) in [7, 11) is 0. The van der Waals surface area contributed by atoms with Gasteiger partial charge in [-0.05, 0) is 43.2 Å². The highest BCUT2D eigenvalue weighted by Crippen LogP contribution is 2.25. The zero-order chi connectivity index (χ0) is 17.8. The van der Waals surface area contributed by atoms with Crippen molar-refractivity contribution in [3.05, 3.63) is 65.1 Å². The Hall–Kier alpha value is -2.53. The number of rotatable bonds is 6. The molecule has 0 radical (unpaired) electrons. The highest BCUT2D eigenvalue weighted by Gasteiger charge is 2.16. The summed E-state index contributed by atoms with van der Waals surface area (Å²) in [5, 5.41) is 4.13. The molecule has 25 heavy (non-hydrogen) atoms. The third-order valence-electron chi connectivity index (χ3n) is 3.94. The predicted octanol–water partition coefficient (Wildman–Crippen LogP) is 4.09. The molecule has 0 aliphatic heterocycles. The number of aromatic amines is 1. The van der Waals surface area contributed by atoms with E-state index < -0.39 is 11.9 Å². The van der Waals surface area contributed by atoms with Crippen LogP contribution in [0.3, 0.4) is 0 Å². The van der Waals surface area contributed by atoms with Gasteiger partial charge in [0.25, 0.3) is 5.91 Å². The Morgan fingerprint density at radius 1 is 1.32 bits per heavy atom. The van der Waals surface area contributed by atoms with Crippen molar-refractivity contribution in [2.45, 2.75) is 19.4 Å². The average molecular weight is 361 g/mol. The lowest BCUT2D eigenvalue weighted by Gasteiger charge is -2.15. The van der Waals surface area contributed by atoms with Crippen molar-refractivity contribution in [2.75, 3.05) is 6.54 Å². The van der Waals surface area contributed by atoms with Crippen LogP contribution in [-0.4, -0.2) is 23.5 Å². The summed E-state index contributed by atoms with van der Waals surface area (Å²) in [6.07, 6.45) is 1.93. The summed E-state index contributed by atoms with van der Waals surface area (Å²) in [5.41, 5.74) is 2.22. The fourth-order valence-corrected chi connectivity index (χ4v) is 2.83. The molecular formula is C19H18ClFN2O2. The zero-order valence-corrected chi connectivity index (χ0v) is 14.4. The molecular weight excluding hydrogens is 343 g/mol. The Labute approximate surface area is 149 Å². The highest BCUT2D eigenvalue weighted by molar-refractivity contribution is 6.32. The monoisotopic (exact) mass is 360 g/mol. The number of ether oxygens (including phenoxy) is 1. The summed E-state index contributed by atoms with van der Waals surface area (Å²) in [5.74, 6) is -0.421. The molecule has 0 spiro atoms. The molecule has 1 aromatic heterocycles. The number of fused-ring (bicyclic) bond motifs is 1. The van der Waals surface area contributed by atoms with Gasteiger partial charge in [0.1, 0.15) is 11.6 Å². The van der Waals surface area contributed by atoms with Crippen LogP contribution in [-0.2, 0) is 11.2 Å². The van der Waals surface area contributed by atoms with Crippen molar-refractivity contribution in [3.63, 3.8) is 0 Å². The Morgan fingerprint density at radius 3 is 2.92 bits per heavy atom. The molecule has 3 rings (SSSR count). The minimum absolute atomic E-state index is 0.137. The van der Waals surface area contributed by atoms with E-state index >= 15 is 0 Å². The molecule has 1 heterocycles. The third-order valence-corrected chi connectivity index (χ3v) is 4.23. The Balaban J connectivity index is 1.53. The fraction of sp³-hybridized carbons (Fsp3) is 0.211. The zero-order valence-electron chi connectivity index (χ0n) is 13.7. The maximum absolute atomic E-state index is 13.0. The molecule has 0 fully saturated rings. The second-order valence-corrected chi connectivity index (χ2v) is 6.14. The first kappa shape index (κ1) is 17.3. The first-order chi connectivity index (χ1) is 12.0. The van der Waals surface area contributed by atoms with E-state index in [1.165, 1.54) is 12.1 Å². The van der Waals surface area contributed by atoms with E-state index in [4.69, 9.17) is 16.3 Å². The topological polar surface area (TPSA) is 54.1 Å². The van der Waals surface area contributed by atoms with Crippen molar-refractivity contribution in [3.8, 4) is 5.75 Å². The number of nitrogens with one attached hydrogen (secondary N) is 2. The highest BCUT2D eigenvalue weighted by atomic mass is 35.5. The van der Waals surface area contributed by atoms with Crippen LogP contribution >= 0.6 is 11.6 Å². The molecule has 1 atom stereocenters. The lowest BCUT2D eigenvalue weighted by molar-refractivity contribution is -0.127. The van der Waals surface area contributed by atoms with E-state index in [1.807, 2.05) is 30.5 Å². The molecule has 4 nitrogen and oxygen atoms in total. The number of hydrogen-bond donors (Lipinski definition) is 2. The molecule has 0 saturated carbocycles. The summed E-state index contributed by atoms with van der Waals surface area (Å²) in [4.78, 5) is 15.4. The number of carbonyl (C=O) groups excluding carboxylic acids is 1. The van der Waals surface area contributed by atoms with Gasteiger partial charge in [-0.1, -0.05) is 29.8 Å². The van der Waals surface area contributed by atoms with Crippen LogP contribution in [0.5, 0.6) is 5.75 Å². The first-order valence-corrected chi connectivity index (χ1v) is 8.37. The Morgan fingerprint density at radius 2 is 2.12 bits per heavy atom. The predicted molar refractivity (Wildman–Crippen MR) is 96.5 cm³/mol. The first-order valence-electron chi connectivity index (χ1n) is 7.99. The fourth-order valence-electron chi connectivity index (χ4n) is 2.62. The van der Waals surface area contributed by atoms with E-state index in [2.05, 4.69) is 10.3 Å². The maximum atomic E-state index is 13.0. The maximum Gasteiger partial charge on any atom is 0.260 e. The largest absolute Gasteiger partial charge is 0.479 e. The van der Waals surface area contributed by atoms with Crippen molar-refractivity contribution in [1.29, 1.82) is 0 Å². The van der Waals surface area contributed by atoms with Crippen LogP contribution in [0.1, 0.15) is 12.5 Å². The standard InChI is InChI=1S/C19H18ClFN2O2/c1-12(25-18-7-6-14(21)10-16(18)20)19(24)22-9-8-13-11-23-17-5-3-2-4-15(13)17/h2-7,10-12,23H,8-9H2,1H3,(H,22,24). The van der Waals surface area contributed by atoms with Crippen molar-refractivity contribution < 1.29 is 13.9 Å². The van der Waals surface area contributed by atoms with Crippen LogP contribution < -0.4 is 10.1 Å². The minimum atomic E-state index is -0.731. The van der Waals surface area contributed by atoms with Crippen molar-refractivity contribution in [1.82, 2.24) is 10.3 Å². The lowest BCUT2D eigenvalue weighted by Crippen LogP contribution is -2.37. The number of H-pyrrole nitrogens is 1. The van der Waals surface area contributed by atoms with Gasteiger partial charge in [0.15, 0.2) is 6.10 Å². The number of benzene rings is 2. The Kier molecular flexibility index (Phi) is 5.24. The molecule has 1 amide bonds. The van der Waals surface area contributed by atoms with Crippen molar-refractivity contribution in [2.24, 2.45) is 0 Å². The number of halogens is 2. The van der Waals surface area contributed by atoms with Crippen molar-refractivity contribution >= 4 is 28.4 Å². The van der Waals surface area contributed by atoms with Gasteiger partial charge in [0.2, 0.25) is 0 Å². The van der Waals surface area contributed by atoms with Gasteiger partial charge in [-0.25, -0.2) is 4.39 Å². The minimum Gasteiger partial charge on any atom is -0.479 e. The van der Waals surface area contributed by atoms with E-state index in [0.29, 0.717) is 13.0 Å². The number of para-hydroxylation sites is 1. The van der Waals surface area contributed by atoms with Gasteiger partial charge in [0, 0.05) is 23.6 Å². The van der Waals surface area contributed by atoms with E-state index in [0.717, 1.165) is 22.5 Å². The lowest BCUT2D eigenvalue weighted by atomic mass is 10.1. The van der Waals surface area contributed by atoms with Crippen LogP contribution in [0.4, 0.5) is 4.39 Å². The van der Waals surface area contributed by atoms with Gasteiger partial charge in [-0.15, -0.1) is 0 Å². The summed E-state index contributed by atoms with van der Waals surface area (Å²) < 4.78 is 18.5. The van der Waals surface area contributed by atoms with Gasteiger partial charge in [0.05, 0.1) is 5.02 Å². The second kappa shape index (κ2) is 7.57. The van der Waals surface area contributed by atoms with Gasteiger partial charge >= 0.3 is 0 Å². The SMILES string of the molecule is CC(Oc1ccc(F)cc1Cl)C(=O)NCCc1c[nH]c2ccccc12. The number of carbonyl (C=O) groups is 1. The molecule has 0 aliphatic carbocycles. The molecule has 2 aromatic carbocycles. The molecule has 0 bridgehead atoms. The second-order valence-electron chi connectivity index (χ2n) is 5.74. The van der Waals surface area contributed by atoms with Gasteiger partial charge in [-0.3, -0.25) is 4.79 Å². The summed E-state index contributed by atoms with van der Waals surface area (Å²) in [6.45, 7) is 2.12. The normalized spacial score (nSPS) is 12.1. The number of aromatic nitrogens is 1. The smallest absolute Gasteiger partial charge is 0.260 e. The van der Waals surface area contributed by atoms with Gasteiger partial charge in [-0.2, -0.15) is 0 Å². The van der Waals surface area contributed by atoms with Gasteiger partial charge < -0.3 is 15.0 Å². The molecule has 1 unspecified atom stereocenters. The van der Waals surface area contributed by atoms with Crippen LogP contribution in [0.2, 0.25) is 5.02 Å². The summed E-state index contributed by atoms with van der Waals surface area (Å²) >= 11 is 5.91. The third kappa shape index (κ3) is 4.12.